The van der Waals surface area contributed by atoms with Crippen LogP contribution in [0.25, 0.3) is 0 Å². The molecule has 2 aromatic carbocycles. The average Bonchev–Trinajstić information content (AvgIpc) is 2.98. The molecule has 9 heteroatoms. The van der Waals surface area contributed by atoms with Crippen LogP contribution in [-0.2, 0) is 4.79 Å². The number of thioether (sulfide) groups is 1. The van der Waals surface area contributed by atoms with Crippen molar-refractivity contribution >= 4 is 29.4 Å². The Morgan fingerprint density at radius 2 is 1.66 bits per heavy atom. The highest BCUT2D eigenvalue weighted by atomic mass is 32.2. The van der Waals surface area contributed by atoms with Gasteiger partial charge in [0.15, 0.2) is 11.5 Å². The Bertz CT molecular complexity index is 1310. The maximum Gasteiger partial charge on any atom is 0.254 e. The zero-order valence-corrected chi connectivity index (χ0v) is 22.9. The highest BCUT2D eigenvalue weighted by Gasteiger charge is 2.45. The molecule has 0 bridgehead atoms. The number of piperazine rings is 1. The molecule has 3 aromatic rings. The average molecular weight is 533 g/mol. The quantitative estimate of drug-likeness (QED) is 0.443. The Labute approximate surface area is 227 Å². The van der Waals surface area contributed by atoms with Gasteiger partial charge in [-0.3, -0.25) is 9.59 Å². The maximum absolute atomic E-state index is 14.3. The number of methoxy groups -OCH3 is 2. The van der Waals surface area contributed by atoms with Crippen LogP contribution in [0.1, 0.15) is 33.4 Å². The van der Waals surface area contributed by atoms with E-state index in [0.29, 0.717) is 48.8 Å². The van der Waals surface area contributed by atoms with Crippen LogP contribution < -0.4 is 14.4 Å². The van der Waals surface area contributed by atoms with E-state index in [4.69, 9.17) is 9.47 Å². The second-order valence-corrected chi connectivity index (χ2v) is 10.3. The summed E-state index contributed by atoms with van der Waals surface area (Å²) in [4.78, 5) is 39.4. The summed E-state index contributed by atoms with van der Waals surface area (Å²) in [6.45, 7) is 2.53. The normalized spacial score (nSPS) is 19.3. The molecule has 0 radical (unpaired) electrons. The highest BCUT2D eigenvalue weighted by molar-refractivity contribution is 7.98. The second kappa shape index (κ2) is 10.9. The fourth-order valence-corrected chi connectivity index (χ4v) is 5.83. The molecule has 38 heavy (non-hydrogen) atoms. The highest BCUT2D eigenvalue weighted by Crippen LogP contribution is 2.46. The van der Waals surface area contributed by atoms with Crippen molar-refractivity contribution in [1.82, 2.24) is 14.8 Å². The molecule has 1 saturated heterocycles. The molecule has 2 aliphatic rings. The minimum absolute atomic E-state index is 0.00238. The summed E-state index contributed by atoms with van der Waals surface area (Å²) < 4.78 is 11.1. The smallest absolute Gasteiger partial charge is 0.254 e. The molecule has 3 heterocycles. The van der Waals surface area contributed by atoms with Gasteiger partial charge >= 0.3 is 0 Å². The van der Waals surface area contributed by atoms with Crippen LogP contribution in [0.4, 0.5) is 5.82 Å². The van der Waals surface area contributed by atoms with E-state index in [-0.39, 0.29) is 11.8 Å². The zero-order valence-electron chi connectivity index (χ0n) is 22.1. The van der Waals surface area contributed by atoms with Gasteiger partial charge in [-0.1, -0.05) is 18.2 Å². The molecule has 2 atom stereocenters. The lowest BCUT2D eigenvalue weighted by molar-refractivity contribution is -0.134. The first-order valence-electron chi connectivity index (χ1n) is 12.6. The zero-order chi connectivity index (χ0) is 26.8. The van der Waals surface area contributed by atoms with Crippen molar-refractivity contribution in [3.05, 3.63) is 77.5 Å². The van der Waals surface area contributed by atoms with Gasteiger partial charge in [0.25, 0.3) is 5.91 Å². The number of aromatic nitrogens is 1. The summed E-state index contributed by atoms with van der Waals surface area (Å²) in [5.74, 6) is 1.13. The molecule has 2 amide bonds. The molecule has 0 spiro atoms. The molecule has 2 aliphatic heterocycles. The van der Waals surface area contributed by atoms with Gasteiger partial charge in [-0.25, -0.2) is 4.98 Å². The number of carbonyl (C=O) groups is 2. The number of carbonyl (C=O) groups excluding carboxylic acids is 2. The third kappa shape index (κ3) is 4.67. The van der Waals surface area contributed by atoms with Crippen LogP contribution in [0.3, 0.4) is 0 Å². The second-order valence-electron chi connectivity index (χ2n) is 9.41. The monoisotopic (exact) mass is 532 g/mol. The molecular weight excluding hydrogens is 500 g/mol. The number of fused-ring (bicyclic) bond motifs is 1. The number of rotatable bonds is 6. The van der Waals surface area contributed by atoms with Gasteiger partial charge in [-0.05, 0) is 53.8 Å². The van der Waals surface area contributed by atoms with Gasteiger partial charge in [0, 0.05) is 49.9 Å². The standard InChI is InChI=1S/C29H32N4O4S/c1-31-27(19-8-10-20(38-4)11-9-19)26(21-17-23(36-2)24(37-3)18-22(21)28(31)34)29(35)33-15-13-32(14-16-33)25-7-5-6-12-30-25/h5-12,17-18,26-27H,13-16H2,1-4H3. The van der Waals surface area contributed by atoms with Crippen LogP contribution in [0.2, 0.25) is 0 Å². The number of anilines is 1. The van der Waals surface area contributed by atoms with Crippen molar-refractivity contribution in [2.45, 2.75) is 16.9 Å². The number of hydrogen-bond donors (Lipinski definition) is 0. The number of ether oxygens (including phenoxy) is 2. The Balaban J connectivity index is 1.54. The topological polar surface area (TPSA) is 75.2 Å². The molecule has 1 aromatic heterocycles. The van der Waals surface area contributed by atoms with E-state index in [1.54, 1.807) is 56.3 Å². The fourth-order valence-electron chi connectivity index (χ4n) is 5.43. The molecule has 0 aliphatic carbocycles. The van der Waals surface area contributed by atoms with Crippen LogP contribution in [0.15, 0.2) is 65.7 Å². The van der Waals surface area contributed by atoms with E-state index in [1.807, 2.05) is 53.6 Å². The predicted molar refractivity (Wildman–Crippen MR) is 148 cm³/mol. The van der Waals surface area contributed by atoms with Crippen LogP contribution in [0.5, 0.6) is 11.5 Å². The fraction of sp³-hybridized carbons (Fsp3) is 0.345. The van der Waals surface area contributed by atoms with Gasteiger partial charge in [0.05, 0.1) is 26.2 Å². The van der Waals surface area contributed by atoms with Crippen molar-refractivity contribution < 1.29 is 19.1 Å². The first-order chi connectivity index (χ1) is 18.5. The third-order valence-corrected chi connectivity index (χ3v) is 8.21. The Morgan fingerprint density at radius 3 is 2.26 bits per heavy atom. The van der Waals surface area contributed by atoms with E-state index < -0.39 is 12.0 Å². The van der Waals surface area contributed by atoms with E-state index in [1.165, 1.54) is 0 Å². The van der Waals surface area contributed by atoms with Crippen LogP contribution in [0, 0.1) is 0 Å². The molecule has 2 unspecified atom stereocenters. The van der Waals surface area contributed by atoms with Gasteiger partial charge in [0.1, 0.15) is 5.82 Å². The van der Waals surface area contributed by atoms with Crippen molar-refractivity contribution in [2.75, 3.05) is 58.6 Å². The number of pyridine rings is 1. The summed E-state index contributed by atoms with van der Waals surface area (Å²) in [6, 6.07) is 17.0. The minimum atomic E-state index is -0.589. The van der Waals surface area contributed by atoms with Gasteiger partial charge in [-0.15, -0.1) is 11.8 Å². The van der Waals surface area contributed by atoms with E-state index in [9.17, 15) is 9.59 Å². The number of benzene rings is 2. The molecule has 8 nitrogen and oxygen atoms in total. The minimum Gasteiger partial charge on any atom is -0.493 e. The van der Waals surface area contributed by atoms with Crippen molar-refractivity contribution in [3.63, 3.8) is 0 Å². The first kappa shape index (κ1) is 25.9. The van der Waals surface area contributed by atoms with Gasteiger partial charge in [-0.2, -0.15) is 0 Å². The lowest BCUT2D eigenvalue weighted by Crippen LogP contribution is -2.53. The van der Waals surface area contributed by atoms with Crippen molar-refractivity contribution in [1.29, 1.82) is 0 Å². The SMILES string of the molecule is COc1cc2c(cc1OC)C(C(=O)N1CCN(c3ccccn3)CC1)C(c1ccc(SC)cc1)N(C)C2=O. The van der Waals surface area contributed by atoms with E-state index >= 15 is 0 Å². The summed E-state index contributed by atoms with van der Waals surface area (Å²) in [5, 5.41) is 0. The number of amides is 2. The largest absolute Gasteiger partial charge is 0.493 e. The Kier molecular flexibility index (Phi) is 7.46. The maximum atomic E-state index is 14.3. The molecule has 0 N–H and O–H groups in total. The lowest BCUT2D eigenvalue weighted by atomic mass is 9.78. The summed E-state index contributed by atoms with van der Waals surface area (Å²) in [7, 11) is 4.88. The lowest BCUT2D eigenvalue weighted by Gasteiger charge is -2.43. The van der Waals surface area contributed by atoms with Gasteiger partial charge < -0.3 is 24.2 Å². The van der Waals surface area contributed by atoms with Crippen molar-refractivity contribution in [2.24, 2.45) is 0 Å². The van der Waals surface area contributed by atoms with E-state index in [0.717, 1.165) is 16.3 Å². The Morgan fingerprint density at radius 1 is 0.974 bits per heavy atom. The van der Waals surface area contributed by atoms with Gasteiger partial charge in [0.2, 0.25) is 5.91 Å². The molecular formula is C29H32N4O4S. The molecule has 198 valence electrons. The summed E-state index contributed by atoms with van der Waals surface area (Å²) >= 11 is 1.66. The molecule has 5 rings (SSSR count). The molecule has 1 fully saturated rings. The number of nitrogens with zero attached hydrogens (tertiary/aromatic N) is 4. The summed E-state index contributed by atoms with van der Waals surface area (Å²) in [6.07, 6.45) is 3.81. The number of likely N-dealkylation sites (N-methyl/N-ethyl adjacent to an activating group) is 1. The molecule has 0 saturated carbocycles. The number of hydrogen-bond acceptors (Lipinski definition) is 7. The van der Waals surface area contributed by atoms with Crippen molar-refractivity contribution in [3.8, 4) is 11.5 Å². The summed E-state index contributed by atoms with van der Waals surface area (Å²) in [5.41, 5.74) is 2.05. The predicted octanol–water partition coefficient (Wildman–Crippen LogP) is 4.08. The van der Waals surface area contributed by atoms with Crippen LogP contribution >= 0.6 is 11.8 Å². The first-order valence-corrected chi connectivity index (χ1v) is 13.8. The Hall–Kier alpha value is -3.72. The van der Waals surface area contributed by atoms with Crippen LogP contribution in [-0.4, -0.2) is 80.3 Å². The third-order valence-electron chi connectivity index (χ3n) is 7.46. The van der Waals surface area contributed by atoms with E-state index in [2.05, 4.69) is 9.88 Å².